The maximum absolute atomic E-state index is 13.0. The lowest BCUT2D eigenvalue weighted by Gasteiger charge is -2.16. The van der Waals surface area contributed by atoms with Crippen molar-refractivity contribution >= 4 is 34.6 Å². The first kappa shape index (κ1) is 16.1. The average molecular weight is 305 g/mol. The van der Waals surface area contributed by atoms with Gasteiger partial charge in [-0.3, -0.25) is 0 Å². The van der Waals surface area contributed by atoms with Gasteiger partial charge in [0.15, 0.2) is 5.11 Å². The van der Waals surface area contributed by atoms with E-state index in [2.05, 4.69) is 24.5 Å². The summed E-state index contributed by atoms with van der Waals surface area (Å²) in [5, 5.41) is 6.71. The van der Waals surface area contributed by atoms with Crippen LogP contribution < -0.4 is 15.5 Å². The molecular weight excluding hydrogens is 285 g/mol. The van der Waals surface area contributed by atoms with Gasteiger partial charge in [-0.1, -0.05) is 11.6 Å². The molecule has 1 rings (SSSR count). The fourth-order valence-corrected chi connectivity index (χ4v) is 2.11. The summed E-state index contributed by atoms with van der Waals surface area (Å²) in [5.41, 5.74) is 0.680. The van der Waals surface area contributed by atoms with Crippen molar-refractivity contribution in [3.63, 3.8) is 0 Å². The molecule has 0 aliphatic carbocycles. The molecule has 0 amide bonds. The molecule has 0 fully saturated rings. The van der Waals surface area contributed by atoms with Gasteiger partial charge in [0.1, 0.15) is 5.82 Å². The fraction of sp³-hybridized carbons (Fsp3) is 0.462. The Labute approximate surface area is 124 Å². The van der Waals surface area contributed by atoms with Crippen LogP contribution in [0.25, 0.3) is 0 Å². The summed E-state index contributed by atoms with van der Waals surface area (Å²) in [6.45, 7) is 8.35. The number of anilines is 1. The first-order valence-electron chi connectivity index (χ1n) is 6.40. The molecule has 1 aromatic rings. The molecule has 0 spiro atoms. The van der Waals surface area contributed by atoms with Crippen molar-refractivity contribution in [1.29, 1.82) is 0 Å². The molecule has 0 aromatic heterocycles. The van der Waals surface area contributed by atoms with E-state index < -0.39 is 5.82 Å². The van der Waals surface area contributed by atoms with Crippen LogP contribution in [0.15, 0.2) is 18.2 Å². The minimum atomic E-state index is -0.434. The molecule has 0 radical (unpaired) electrons. The molecule has 3 N–H and O–H groups in total. The summed E-state index contributed by atoms with van der Waals surface area (Å²) in [6, 6.07) is 4.43. The van der Waals surface area contributed by atoms with Gasteiger partial charge in [0.05, 0.1) is 31.2 Å². The smallest absolute Gasteiger partial charge is 0.170 e. The Bertz CT molecular complexity index is 424. The molecule has 0 saturated heterocycles. The van der Waals surface area contributed by atoms with E-state index in [0.717, 1.165) is 26.2 Å². The molecule has 0 unspecified atom stereocenters. The van der Waals surface area contributed by atoms with Crippen LogP contribution in [0.5, 0.6) is 0 Å². The number of hydrogen-bond acceptors (Lipinski definition) is 1. The Hall–Kier alpha value is -0.910. The van der Waals surface area contributed by atoms with Gasteiger partial charge < -0.3 is 15.5 Å². The zero-order valence-corrected chi connectivity index (χ0v) is 12.8. The number of likely N-dealkylation sites (N-methyl/N-ethyl adjacent to an activating group) is 1. The first-order chi connectivity index (χ1) is 9.06. The van der Waals surface area contributed by atoms with E-state index in [9.17, 15) is 4.39 Å². The summed E-state index contributed by atoms with van der Waals surface area (Å²) in [7, 11) is 0. The predicted molar refractivity (Wildman–Crippen MR) is 82.5 cm³/mol. The number of nitrogens with one attached hydrogen (secondary N) is 3. The average Bonchev–Trinajstić information content (AvgIpc) is 2.39. The maximum Gasteiger partial charge on any atom is 0.170 e. The van der Waals surface area contributed by atoms with Gasteiger partial charge in [-0.2, -0.15) is 0 Å². The second-order valence-corrected chi connectivity index (χ2v) is 5.03. The van der Waals surface area contributed by atoms with Gasteiger partial charge in [-0.25, -0.2) is 4.39 Å². The topological polar surface area (TPSA) is 28.5 Å². The Balaban J connectivity index is 2.36. The lowest BCUT2D eigenvalue weighted by atomic mass is 10.3. The SMILES string of the molecule is CC[NH+](CC)CCNC(=S)Nc1ccc(F)c(Cl)c1. The third-order valence-corrected chi connectivity index (χ3v) is 3.48. The van der Waals surface area contributed by atoms with E-state index in [1.165, 1.54) is 17.0 Å². The van der Waals surface area contributed by atoms with Crippen LogP contribution in [-0.2, 0) is 0 Å². The van der Waals surface area contributed by atoms with Crippen molar-refractivity contribution in [1.82, 2.24) is 5.32 Å². The van der Waals surface area contributed by atoms with E-state index in [0.29, 0.717) is 10.8 Å². The summed E-state index contributed by atoms with van der Waals surface area (Å²) < 4.78 is 13.0. The summed E-state index contributed by atoms with van der Waals surface area (Å²) in [6.07, 6.45) is 0. The number of quaternary nitrogens is 1. The van der Waals surface area contributed by atoms with Gasteiger partial charge in [0.2, 0.25) is 0 Å². The zero-order chi connectivity index (χ0) is 14.3. The van der Waals surface area contributed by atoms with Gasteiger partial charge in [-0.15, -0.1) is 0 Å². The van der Waals surface area contributed by atoms with Crippen molar-refractivity contribution in [2.45, 2.75) is 13.8 Å². The highest BCUT2D eigenvalue weighted by Crippen LogP contribution is 2.19. The molecule has 106 valence electrons. The Morgan fingerprint density at radius 3 is 2.63 bits per heavy atom. The molecule has 0 atom stereocenters. The van der Waals surface area contributed by atoms with E-state index >= 15 is 0 Å². The van der Waals surface area contributed by atoms with Crippen LogP contribution in [0.3, 0.4) is 0 Å². The fourth-order valence-electron chi connectivity index (χ4n) is 1.71. The van der Waals surface area contributed by atoms with Gasteiger partial charge in [0, 0.05) is 5.69 Å². The maximum atomic E-state index is 13.0. The number of thiocarbonyl (C=S) groups is 1. The van der Waals surface area contributed by atoms with E-state index in [1.807, 2.05) is 0 Å². The zero-order valence-electron chi connectivity index (χ0n) is 11.2. The largest absolute Gasteiger partial charge is 0.357 e. The van der Waals surface area contributed by atoms with Crippen molar-refractivity contribution in [3.05, 3.63) is 29.0 Å². The first-order valence-corrected chi connectivity index (χ1v) is 7.18. The Morgan fingerprint density at radius 1 is 1.37 bits per heavy atom. The molecule has 0 heterocycles. The quantitative estimate of drug-likeness (QED) is 0.699. The standard InChI is InChI=1S/C13H19ClFN3S/c1-3-18(4-2)8-7-16-13(19)17-10-5-6-12(15)11(14)9-10/h5-6,9H,3-4,7-8H2,1-2H3,(H2,16,17,19)/p+1. The minimum absolute atomic E-state index is 0.0837. The van der Waals surface area contributed by atoms with Crippen molar-refractivity contribution in [3.8, 4) is 0 Å². The molecule has 0 aliphatic heterocycles. The molecule has 0 aliphatic rings. The van der Waals surface area contributed by atoms with E-state index in [1.54, 1.807) is 6.07 Å². The van der Waals surface area contributed by atoms with Crippen LogP contribution >= 0.6 is 23.8 Å². The molecule has 0 saturated carbocycles. The molecule has 1 aromatic carbocycles. The number of halogens is 2. The molecule has 6 heteroatoms. The highest BCUT2D eigenvalue weighted by molar-refractivity contribution is 7.80. The second kappa shape index (κ2) is 8.30. The second-order valence-electron chi connectivity index (χ2n) is 4.22. The van der Waals surface area contributed by atoms with Crippen molar-refractivity contribution in [2.24, 2.45) is 0 Å². The third-order valence-electron chi connectivity index (χ3n) is 2.94. The number of rotatable bonds is 6. The molecular formula is C13H20ClFN3S+. The van der Waals surface area contributed by atoms with Crippen LogP contribution in [0, 0.1) is 5.82 Å². The lowest BCUT2D eigenvalue weighted by Crippen LogP contribution is -3.12. The van der Waals surface area contributed by atoms with E-state index in [4.69, 9.17) is 23.8 Å². The van der Waals surface area contributed by atoms with Crippen LogP contribution in [0.2, 0.25) is 5.02 Å². The molecule has 0 bridgehead atoms. The van der Waals surface area contributed by atoms with Crippen molar-refractivity contribution < 1.29 is 9.29 Å². The summed E-state index contributed by atoms with van der Waals surface area (Å²) >= 11 is 10.9. The molecule has 19 heavy (non-hydrogen) atoms. The summed E-state index contributed by atoms with van der Waals surface area (Å²) in [4.78, 5) is 1.51. The van der Waals surface area contributed by atoms with Gasteiger partial charge in [-0.05, 0) is 44.3 Å². The highest BCUT2D eigenvalue weighted by Gasteiger charge is 2.04. The Morgan fingerprint density at radius 2 is 2.05 bits per heavy atom. The lowest BCUT2D eigenvalue weighted by molar-refractivity contribution is -0.895. The van der Waals surface area contributed by atoms with Crippen molar-refractivity contribution in [2.75, 3.05) is 31.5 Å². The van der Waals surface area contributed by atoms with Crippen LogP contribution in [0.1, 0.15) is 13.8 Å². The molecule has 3 nitrogen and oxygen atoms in total. The van der Waals surface area contributed by atoms with Gasteiger partial charge in [0.25, 0.3) is 0 Å². The van der Waals surface area contributed by atoms with Crippen LogP contribution in [0.4, 0.5) is 10.1 Å². The van der Waals surface area contributed by atoms with Crippen LogP contribution in [-0.4, -0.2) is 31.3 Å². The third kappa shape index (κ3) is 5.72. The monoisotopic (exact) mass is 304 g/mol. The number of hydrogen-bond donors (Lipinski definition) is 3. The summed E-state index contributed by atoms with van der Waals surface area (Å²) in [5.74, 6) is -0.434. The number of benzene rings is 1. The highest BCUT2D eigenvalue weighted by atomic mass is 35.5. The Kier molecular flexibility index (Phi) is 7.05. The normalized spacial score (nSPS) is 10.6. The minimum Gasteiger partial charge on any atom is -0.357 e. The predicted octanol–water partition coefficient (Wildman–Crippen LogP) is 1.69. The van der Waals surface area contributed by atoms with Gasteiger partial charge >= 0.3 is 0 Å². The van der Waals surface area contributed by atoms with E-state index in [-0.39, 0.29) is 5.02 Å².